The standard InChI is InChI=1S/C21H26Cl2N2O5/c1-19(2)12-15(26)10-16(13-19)30-20(23)11-14(18(27)24-28)9-17(22)21(20,29-3)25-7-5-4-6-8-25/h4-9,11,15-16,26H,10,12-13H2,1-3H3,(H-,24,27,28)/t15-,16-,20?,21?/m1/s1. The van der Waals surface area contributed by atoms with E-state index in [9.17, 15) is 15.1 Å². The Morgan fingerprint density at radius 1 is 1.30 bits per heavy atom. The van der Waals surface area contributed by atoms with Crippen LogP contribution in [-0.4, -0.2) is 35.4 Å². The Kier molecular flexibility index (Phi) is 6.63. The molecular weight excluding hydrogens is 431 g/mol. The van der Waals surface area contributed by atoms with Gasteiger partial charge in [0.1, 0.15) is 5.03 Å². The topological polar surface area (TPSA) is 94.7 Å². The number of pyridine rings is 1. The maximum atomic E-state index is 12.1. The van der Waals surface area contributed by atoms with E-state index in [0.717, 1.165) is 0 Å². The van der Waals surface area contributed by atoms with Gasteiger partial charge in [-0.15, -0.1) is 0 Å². The van der Waals surface area contributed by atoms with E-state index in [1.54, 1.807) is 29.1 Å². The Morgan fingerprint density at radius 3 is 2.53 bits per heavy atom. The lowest BCUT2D eigenvalue weighted by Crippen LogP contribution is -2.70. The summed E-state index contributed by atoms with van der Waals surface area (Å²) in [5, 5.41) is 19.6. The van der Waals surface area contributed by atoms with E-state index >= 15 is 0 Å². The molecule has 1 amide bonds. The lowest BCUT2D eigenvalue weighted by atomic mass is 9.74. The highest BCUT2D eigenvalue weighted by Crippen LogP contribution is 2.49. The average molecular weight is 457 g/mol. The Balaban J connectivity index is 2.12. The number of hydrogen-bond donors (Lipinski definition) is 2. The van der Waals surface area contributed by atoms with Gasteiger partial charge < -0.3 is 25.3 Å². The normalized spacial score (nSPS) is 33.4. The van der Waals surface area contributed by atoms with Gasteiger partial charge in [-0.3, -0.25) is 4.79 Å². The number of methoxy groups -OCH3 is 1. The number of halogens is 2. The van der Waals surface area contributed by atoms with Crippen LogP contribution in [0.3, 0.4) is 0 Å². The average Bonchev–Trinajstić information content (AvgIpc) is 2.66. The summed E-state index contributed by atoms with van der Waals surface area (Å²) in [5.41, 5.74) is -0.411. The number of carbonyl (C=O) groups is 1. The quantitative estimate of drug-likeness (QED) is 0.403. The van der Waals surface area contributed by atoms with Crippen LogP contribution in [0.1, 0.15) is 33.1 Å². The van der Waals surface area contributed by atoms with Gasteiger partial charge in [0.2, 0.25) is 5.91 Å². The number of alkyl halides is 1. The highest BCUT2D eigenvalue weighted by molar-refractivity contribution is 6.33. The molecule has 1 heterocycles. The first-order chi connectivity index (χ1) is 14.1. The molecule has 0 saturated heterocycles. The van der Waals surface area contributed by atoms with E-state index in [2.05, 4.69) is 0 Å². The number of carbonyl (C=O) groups excluding carboxylic acids is 1. The fraction of sp³-hybridized carbons (Fsp3) is 0.524. The first-order valence-electron chi connectivity index (χ1n) is 9.66. The number of nitrogens with zero attached hydrogens (tertiary/aromatic N) is 1. The first kappa shape index (κ1) is 23.2. The van der Waals surface area contributed by atoms with E-state index in [4.69, 9.17) is 32.7 Å². The van der Waals surface area contributed by atoms with Crippen molar-refractivity contribution < 1.29 is 23.9 Å². The molecule has 1 aromatic rings. The maximum Gasteiger partial charge on any atom is 0.357 e. The number of nitrogens with one attached hydrogen (secondary N) is 1. The number of aliphatic hydroxyl groups excluding tert-OH is 1. The lowest BCUT2D eigenvalue weighted by Gasteiger charge is -2.45. The van der Waals surface area contributed by atoms with Crippen LogP contribution >= 0.6 is 23.2 Å². The summed E-state index contributed by atoms with van der Waals surface area (Å²) >= 11 is 13.7. The van der Waals surface area contributed by atoms with Crippen molar-refractivity contribution in [1.29, 1.82) is 0 Å². The zero-order chi connectivity index (χ0) is 22.2. The molecule has 9 heteroatoms. The zero-order valence-corrected chi connectivity index (χ0v) is 18.6. The molecule has 2 aliphatic rings. The van der Waals surface area contributed by atoms with Crippen LogP contribution in [0.15, 0.2) is 53.4 Å². The van der Waals surface area contributed by atoms with E-state index in [0.29, 0.717) is 19.3 Å². The van der Waals surface area contributed by atoms with E-state index in [1.807, 2.05) is 19.9 Å². The molecule has 7 nitrogen and oxygen atoms in total. The molecule has 0 aliphatic heterocycles. The Morgan fingerprint density at radius 2 is 1.97 bits per heavy atom. The highest BCUT2D eigenvalue weighted by atomic mass is 35.5. The molecule has 1 saturated carbocycles. The fourth-order valence-electron chi connectivity index (χ4n) is 4.43. The van der Waals surface area contributed by atoms with Crippen molar-refractivity contribution in [3.63, 3.8) is 0 Å². The molecule has 30 heavy (non-hydrogen) atoms. The molecular formula is C21H26Cl2N2O5. The van der Waals surface area contributed by atoms with Gasteiger partial charge in [0.05, 0.1) is 12.2 Å². The molecule has 0 radical (unpaired) electrons. The number of ether oxygens (including phenoxy) is 2. The van der Waals surface area contributed by atoms with Gasteiger partial charge in [-0.2, -0.15) is 4.57 Å². The van der Waals surface area contributed by atoms with Crippen LogP contribution in [0, 0.1) is 10.6 Å². The van der Waals surface area contributed by atoms with Crippen molar-refractivity contribution in [1.82, 2.24) is 5.48 Å². The molecule has 2 N–H and O–H groups in total. The van der Waals surface area contributed by atoms with Crippen LogP contribution in [0.5, 0.6) is 0 Å². The molecule has 164 valence electrons. The second-order valence-electron chi connectivity index (χ2n) is 8.50. The molecule has 0 spiro atoms. The summed E-state index contributed by atoms with van der Waals surface area (Å²) in [6.07, 6.45) is 6.77. The van der Waals surface area contributed by atoms with Crippen LogP contribution < -0.4 is 10.0 Å². The van der Waals surface area contributed by atoms with Gasteiger partial charge in [-0.05, 0) is 36.8 Å². The van der Waals surface area contributed by atoms with Crippen LogP contribution in [0.25, 0.3) is 0 Å². The fourth-order valence-corrected chi connectivity index (χ4v) is 5.43. The lowest BCUT2D eigenvalue weighted by molar-refractivity contribution is -0.807. The molecule has 2 unspecified atom stereocenters. The number of hydrogen-bond acceptors (Lipinski definition) is 5. The van der Waals surface area contributed by atoms with Crippen LogP contribution in [-0.2, 0) is 20.0 Å². The maximum absolute atomic E-state index is 12.1. The van der Waals surface area contributed by atoms with Crippen molar-refractivity contribution in [3.05, 3.63) is 58.6 Å². The smallest absolute Gasteiger partial charge is 0.357 e. The third kappa shape index (κ3) is 4.15. The summed E-state index contributed by atoms with van der Waals surface area (Å²) in [6.45, 7) is 4.09. The van der Waals surface area contributed by atoms with E-state index in [-0.39, 0.29) is 16.0 Å². The van der Waals surface area contributed by atoms with Crippen molar-refractivity contribution in [2.75, 3.05) is 7.11 Å². The van der Waals surface area contributed by atoms with Crippen LogP contribution in [0.4, 0.5) is 0 Å². The largest absolute Gasteiger partial charge is 0.759 e. The van der Waals surface area contributed by atoms with E-state index < -0.39 is 28.9 Å². The van der Waals surface area contributed by atoms with Gasteiger partial charge in [-0.1, -0.05) is 43.1 Å². The SMILES string of the molecule is COC1([n+]2ccccc2)C(Cl)=CC(C(=O)N[O-])=CC1(Cl)O[C@@H]1C[C@@H](O)CC(C)(C)C1. The highest BCUT2D eigenvalue weighted by Gasteiger charge is 2.65. The number of hydroxylamine groups is 1. The minimum atomic E-state index is -1.78. The van der Waals surface area contributed by atoms with Crippen molar-refractivity contribution >= 4 is 29.1 Å². The molecule has 4 atom stereocenters. The molecule has 1 aromatic heterocycles. The van der Waals surface area contributed by atoms with Crippen molar-refractivity contribution in [2.45, 2.75) is 56.1 Å². The Hall–Kier alpha value is -1.48. The van der Waals surface area contributed by atoms with Gasteiger partial charge in [0.15, 0.2) is 12.4 Å². The minimum absolute atomic E-state index is 0.0372. The summed E-state index contributed by atoms with van der Waals surface area (Å²) in [4.78, 5) is 12.1. The third-order valence-corrected chi connectivity index (χ3v) is 6.40. The van der Waals surface area contributed by atoms with Gasteiger partial charge in [-0.25, -0.2) is 0 Å². The molecule has 2 aliphatic carbocycles. The summed E-state index contributed by atoms with van der Waals surface area (Å²) in [7, 11) is 1.43. The Labute approximate surface area is 185 Å². The number of aromatic nitrogens is 1. The van der Waals surface area contributed by atoms with Crippen LogP contribution in [0.2, 0.25) is 0 Å². The third-order valence-electron chi connectivity index (χ3n) is 5.58. The second-order valence-corrected chi connectivity index (χ2v) is 9.47. The van der Waals surface area contributed by atoms with Gasteiger partial charge in [0.25, 0.3) is 5.06 Å². The zero-order valence-electron chi connectivity index (χ0n) is 17.1. The summed E-state index contributed by atoms with van der Waals surface area (Å²) in [6, 6.07) is 5.38. The van der Waals surface area contributed by atoms with Gasteiger partial charge in [0, 0.05) is 24.8 Å². The van der Waals surface area contributed by atoms with Crippen molar-refractivity contribution in [2.24, 2.45) is 5.41 Å². The number of amides is 1. The summed E-state index contributed by atoms with van der Waals surface area (Å²) in [5.74, 6) is -0.895. The number of rotatable bonds is 5. The predicted octanol–water partition coefficient (Wildman–Crippen LogP) is 2.84. The predicted molar refractivity (Wildman–Crippen MR) is 112 cm³/mol. The first-order valence-corrected chi connectivity index (χ1v) is 10.4. The molecule has 0 bridgehead atoms. The molecule has 0 aromatic carbocycles. The number of aliphatic hydroxyl groups is 1. The monoisotopic (exact) mass is 456 g/mol. The second kappa shape index (κ2) is 8.57. The molecule has 3 rings (SSSR count). The van der Waals surface area contributed by atoms with E-state index in [1.165, 1.54) is 24.7 Å². The molecule has 1 fully saturated rings. The minimum Gasteiger partial charge on any atom is -0.759 e. The Bertz CT molecular complexity index is 860. The summed E-state index contributed by atoms with van der Waals surface area (Å²) < 4.78 is 13.9. The van der Waals surface area contributed by atoms with Crippen molar-refractivity contribution in [3.8, 4) is 0 Å². The van der Waals surface area contributed by atoms with Gasteiger partial charge >= 0.3 is 5.72 Å².